The normalized spacial score (nSPS) is 13.2. The van der Waals surface area contributed by atoms with E-state index in [2.05, 4.69) is 4.74 Å². The molecule has 7 heteroatoms. The van der Waals surface area contributed by atoms with Crippen LogP contribution in [0.4, 0.5) is 17.6 Å². The van der Waals surface area contributed by atoms with Crippen molar-refractivity contribution in [2.45, 2.75) is 18.7 Å². The molecule has 0 aliphatic heterocycles. The summed E-state index contributed by atoms with van der Waals surface area (Å²) in [5.41, 5.74) is 0. The van der Waals surface area contributed by atoms with E-state index in [9.17, 15) is 22.4 Å². The summed E-state index contributed by atoms with van der Waals surface area (Å²) >= 11 is 0. The van der Waals surface area contributed by atoms with Gasteiger partial charge in [-0.2, -0.15) is 13.2 Å². The first-order chi connectivity index (χ1) is 7.79. The van der Waals surface area contributed by atoms with Crippen molar-refractivity contribution in [1.82, 2.24) is 0 Å². The Morgan fingerprint density at radius 2 is 2.06 bits per heavy atom. The van der Waals surface area contributed by atoms with Crippen LogP contribution in [-0.2, 0) is 4.79 Å². The lowest BCUT2D eigenvalue weighted by atomic mass is 10.2. The molecule has 0 aliphatic carbocycles. The first kappa shape index (κ1) is 13.3. The monoisotopic (exact) mass is 252 g/mol. The Kier molecular flexibility index (Phi) is 3.93. The van der Waals surface area contributed by atoms with Gasteiger partial charge in [-0.15, -0.1) is 0 Å². The summed E-state index contributed by atoms with van der Waals surface area (Å²) in [6, 6.07) is 4.07. The molecule has 1 rings (SSSR count). The van der Waals surface area contributed by atoms with Crippen LogP contribution in [0.2, 0.25) is 0 Å². The lowest BCUT2D eigenvalue weighted by Gasteiger charge is -2.20. The van der Waals surface area contributed by atoms with Crippen molar-refractivity contribution < 1.29 is 32.2 Å². The van der Waals surface area contributed by atoms with Crippen molar-refractivity contribution in [2.24, 2.45) is 0 Å². The summed E-state index contributed by atoms with van der Waals surface area (Å²) in [6.45, 7) is 0. The Morgan fingerprint density at radius 3 is 2.53 bits per heavy atom. The highest BCUT2D eigenvalue weighted by Gasteiger charge is 2.43. The molecular weight excluding hydrogens is 244 g/mol. The summed E-state index contributed by atoms with van der Waals surface area (Å²) in [6.07, 6.45) is -8.56. The van der Waals surface area contributed by atoms with E-state index in [-0.39, 0.29) is 5.75 Å². The minimum atomic E-state index is -4.83. The molecule has 0 aliphatic rings. The zero-order chi connectivity index (χ0) is 13.1. The maximum Gasteiger partial charge on any atom is 0.425 e. The average molecular weight is 252 g/mol. The summed E-state index contributed by atoms with van der Waals surface area (Å²) in [5, 5.41) is 8.33. The van der Waals surface area contributed by atoms with E-state index < -0.39 is 30.5 Å². The van der Waals surface area contributed by atoms with Crippen LogP contribution in [-0.4, -0.2) is 23.4 Å². The smallest absolute Gasteiger partial charge is 0.425 e. The number of benzene rings is 1. The number of hydrogen-bond donors (Lipinski definition) is 1. The van der Waals surface area contributed by atoms with Crippen molar-refractivity contribution in [1.29, 1.82) is 0 Å². The van der Waals surface area contributed by atoms with E-state index >= 15 is 0 Å². The van der Waals surface area contributed by atoms with Crippen LogP contribution < -0.4 is 4.74 Å². The summed E-state index contributed by atoms with van der Waals surface area (Å²) in [4.78, 5) is 10.3. The van der Waals surface area contributed by atoms with Crippen molar-refractivity contribution in [3.05, 3.63) is 30.1 Å². The summed E-state index contributed by atoms with van der Waals surface area (Å²) < 4.78 is 54.3. The third-order valence-electron chi connectivity index (χ3n) is 1.80. The largest absolute Gasteiger partial charge is 0.481 e. The Bertz CT molecular complexity index is 403. The molecule has 1 N–H and O–H groups in total. The van der Waals surface area contributed by atoms with Crippen molar-refractivity contribution >= 4 is 5.97 Å². The van der Waals surface area contributed by atoms with Gasteiger partial charge in [-0.3, -0.25) is 4.79 Å². The third kappa shape index (κ3) is 4.29. The molecule has 3 nitrogen and oxygen atoms in total. The molecule has 1 atom stereocenters. The molecule has 0 fully saturated rings. The Hall–Kier alpha value is -1.79. The van der Waals surface area contributed by atoms with Crippen molar-refractivity contribution in [3.8, 4) is 5.75 Å². The predicted octanol–water partition coefficient (Wildman–Crippen LogP) is 2.61. The van der Waals surface area contributed by atoms with Crippen LogP contribution in [0.25, 0.3) is 0 Å². The Labute approximate surface area is 93.6 Å². The molecule has 94 valence electrons. The van der Waals surface area contributed by atoms with Crippen LogP contribution in [0, 0.1) is 5.82 Å². The predicted molar refractivity (Wildman–Crippen MR) is 49.1 cm³/mol. The highest BCUT2D eigenvalue weighted by atomic mass is 19.4. The lowest BCUT2D eigenvalue weighted by molar-refractivity contribution is -0.200. The van der Waals surface area contributed by atoms with Crippen LogP contribution >= 0.6 is 0 Å². The van der Waals surface area contributed by atoms with Crippen LogP contribution in [0.5, 0.6) is 5.75 Å². The number of rotatable bonds is 4. The second-order valence-electron chi connectivity index (χ2n) is 3.20. The summed E-state index contributed by atoms with van der Waals surface area (Å²) in [5.74, 6) is -2.78. The molecule has 0 aromatic heterocycles. The minimum absolute atomic E-state index is 0.367. The van der Waals surface area contributed by atoms with E-state index in [1.165, 1.54) is 6.07 Å². The number of carboxylic acids is 1. The van der Waals surface area contributed by atoms with Crippen molar-refractivity contribution in [2.75, 3.05) is 0 Å². The maximum atomic E-state index is 12.7. The topological polar surface area (TPSA) is 46.5 Å². The number of alkyl halides is 3. The quantitative estimate of drug-likeness (QED) is 0.838. The van der Waals surface area contributed by atoms with Gasteiger partial charge in [-0.05, 0) is 12.1 Å². The molecular formula is C10H8F4O3. The molecule has 0 radical (unpaired) electrons. The number of carbonyl (C=O) groups is 1. The first-order valence-electron chi connectivity index (χ1n) is 4.50. The van der Waals surface area contributed by atoms with Gasteiger partial charge < -0.3 is 9.84 Å². The molecule has 0 amide bonds. The van der Waals surface area contributed by atoms with Crippen molar-refractivity contribution in [3.63, 3.8) is 0 Å². The molecule has 17 heavy (non-hydrogen) atoms. The Morgan fingerprint density at radius 1 is 1.41 bits per heavy atom. The van der Waals surface area contributed by atoms with Crippen LogP contribution in [0.1, 0.15) is 6.42 Å². The maximum absolute atomic E-state index is 12.7. The van der Waals surface area contributed by atoms with Gasteiger partial charge in [-0.1, -0.05) is 6.07 Å². The van der Waals surface area contributed by atoms with Gasteiger partial charge in [0.15, 0.2) is 0 Å². The number of halogens is 4. The summed E-state index contributed by atoms with van der Waals surface area (Å²) in [7, 11) is 0. The number of ether oxygens (including phenoxy) is 1. The van der Waals surface area contributed by atoms with Gasteiger partial charge in [0.05, 0.1) is 6.42 Å². The zero-order valence-electron chi connectivity index (χ0n) is 8.37. The molecule has 0 heterocycles. The van der Waals surface area contributed by atoms with E-state index in [0.29, 0.717) is 0 Å². The second-order valence-corrected chi connectivity index (χ2v) is 3.20. The third-order valence-corrected chi connectivity index (χ3v) is 1.80. The fourth-order valence-corrected chi connectivity index (χ4v) is 1.09. The average Bonchev–Trinajstić information content (AvgIpc) is 2.14. The molecule has 0 saturated heterocycles. The van der Waals surface area contributed by atoms with Crippen LogP contribution in [0.15, 0.2) is 24.3 Å². The molecule has 1 unspecified atom stereocenters. The zero-order valence-corrected chi connectivity index (χ0v) is 8.37. The van der Waals surface area contributed by atoms with Gasteiger partial charge in [0, 0.05) is 6.07 Å². The number of aliphatic carboxylic acids is 1. The van der Waals surface area contributed by atoms with E-state index in [4.69, 9.17) is 5.11 Å². The van der Waals surface area contributed by atoms with E-state index in [0.717, 1.165) is 18.2 Å². The van der Waals surface area contributed by atoms with E-state index in [1.54, 1.807) is 0 Å². The fraction of sp³-hybridized carbons (Fsp3) is 0.300. The molecule has 0 saturated carbocycles. The van der Waals surface area contributed by atoms with Gasteiger partial charge in [-0.25, -0.2) is 4.39 Å². The molecule has 1 aromatic rings. The molecule has 0 bridgehead atoms. The van der Waals surface area contributed by atoms with E-state index in [1.807, 2.05) is 0 Å². The van der Waals surface area contributed by atoms with Crippen LogP contribution in [0.3, 0.4) is 0 Å². The standard InChI is InChI=1S/C10H8F4O3/c11-6-2-1-3-7(4-6)17-8(5-9(15)16)10(12,13)14/h1-4,8H,5H2,(H,15,16). The lowest BCUT2D eigenvalue weighted by Crippen LogP contribution is -2.36. The highest BCUT2D eigenvalue weighted by molar-refractivity contribution is 5.67. The van der Waals surface area contributed by atoms with Gasteiger partial charge >= 0.3 is 12.1 Å². The number of carboxylic acid groups (broad SMARTS) is 1. The minimum Gasteiger partial charge on any atom is -0.481 e. The number of hydrogen-bond acceptors (Lipinski definition) is 2. The second kappa shape index (κ2) is 5.03. The molecule has 1 aromatic carbocycles. The fourth-order valence-electron chi connectivity index (χ4n) is 1.09. The van der Waals surface area contributed by atoms with Gasteiger partial charge in [0.1, 0.15) is 11.6 Å². The first-order valence-corrected chi connectivity index (χ1v) is 4.50. The Balaban J connectivity index is 2.83. The van der Waals surface area contributed by atoms with Gasteiger partial charge in [0.2, 0.25) is 6.10 Å². The highest BCUT2D eigenvalue weighted by Crippen LogP contribution is 2.27. The van der Waals surface area contributed by atoms with Gasteiger partial charge in [0.25, 0.3) is 0 Å². The SMILES string of the molecule is O=C(O)CC(Oc1cccc(F)c1)C(F)(F)F. The molecule has 0 spiro atoms.